The maximum Gasteiger partial charge on any atom is 0.325 e. The maximum atomic E-state index is 13.0. The molecule has 0 spiro atoms. The molecule has 4 amide bonds. The molecule has 2 N–H and O–H groups in total. The minimum atomic E-state index is -1.21. The van der Waals surface area contributed by atoms with Gasteiger partial charge < -0.3 is 15.4 Å². The SMILES string of the molecule is CCCCCNC(=O)CN1C(=O)N[C@@](C)(c2ccc3cc(OC)ccc3c2)C1=O. The number of hydrogen-bond donors (Lipinski definition) is 2. The molecule has 1 heterocycles. The normalized spacial score (nSPS) is 18.8. The van der Waals surface area contributed by atoms with Gasteiger partial charge in [0.25, 0.3) is 5.91 Å². The number of hydrogen-bond acceptors (Lipinski definition) is 4. The average molecular weight is 397 g/mol. The second-order valence-corrected chi connectivity index (χ2v) is 7.43. The molecule has 0 aliphatic carbocycles. The number of imide groups is 1. The van der Waals surface area contributed by atoms with Crippen LogP contribution in [0.3, 0.4) is 0 Å². The molecule has 0 bridgehead atoms. The van der Waals surface area contributed by atoms with Gasteiger partial charge in [-0.3, -0.25) is 14.5 Å². The maximum absolute atomic E-state index is 13.0. The molecule has 1 atom stereocenters. The minimum Gasteiger partial charge on any atom is -0.497 e. The molecule has 0 radical (unpaired) electrons. The van der Waals surface area contributed by atoms with Crippen molar-refractivity contribution < 1.29 is 19.1 Å². The van der Waals surface area contributed by atoms with Crippen LogP contribution in [0.5, 0.6) is 5.75 Å². The number of benzene rings is 2. The summed E-state index contributed by atoms with van der Waals surface area (Å²) in [4.78, 5) is 38.6. The summed E-state index contributed by atoms with van der Waals surface area (Å²) >= 11 is 0. The van der Waals surface area contributed by atoms with Crippen LogP contribution in [-0.2, 0) is 15.1 Å². The van der Waals surface area contributed by atoms with Crippen LogP contribution in [0.25, 0.3) is 10.8 Å². The monoisotopic (exact) mass is 397 g/mol. The summed E-state index contributed by atoms with van der Waals surface area (Å²) in [7, 11) is 1.61. The van der Waals surface area contributed by atoms with Crippen LogP contribution in [0.15, 0.2) is 36.4 Å². The fourth-order valence-electron chi connectivity index (χ4n) is 3.50. The van der Waals surface area contributed by atoms with Crippen molar-refractivity contribution in [2.75, 3.05) is 20.2 Å². The van der Waals surface area contributed by atoms with Crippen molar-refractivity contribution in [3.8, 4) is 5.75 Å². The van der Waals surface area contributed by atoms with Gasteiger partial charge in [-0.25, -0.2) is 4.79 Å². The summed E-state index contributed by atoms with van der Waals surface area (Å²) in [6.45, 7) is 4.01. The predicted octanol–water partition coefficient (Wildman–Crippen LogP) is 2.92. The molecule has 154 valence electrons. The Labute approximate surface area is 170 Å². The third-order valence-electron chi connectivity index (χ3n) is 5.30. The molecule has 0 aromatic heterocycles. The minimum absolute atomic E-state index is 0.281. The summed E-state index contributed by atoms with van der Waals surface area (Å²) in [6.07, 6.45) is 2.96. The van der Waals surface area contributed by atoms with Gasteiger partial charge in [-0.2, -0.15) is 0 Å². The predicted molar refractivity (Wildman–Crippen MR) is 111 cm³/mol. The van der Waals surface area contributed by atoms with E-state index in [1.807, 2.05) is 36.4 Å². The number of carbonyl (C=O) groups is 3. The van der Waals surface area contributed by atoms with E-state index < -0.39 is 17.5 Å². The lowest BCUT2D eigenvalue weighted by Gasteiger charge is -2.22. The summed E-state index contributed by atoms with van der Waals surface area (Å²) in [5, 5.41) is 7.41. The fourth-order valence-corrected chi connectivity index (χ4v) is 3.50. The van der Waals surface area contributed by atoms with Crippen LogP contribution in [0, 0.1) is 0 Å². The van der Waals surface area contributed by atoms with Gasteiger partial charge in [-0.15, -0.1) is 0 Å². The summed E-state index contributed by atoms with van der Waals surface area (Å²) in [6, 6.07) is 10.7. The van der Waals surface area contributed by atoms with Gasteiger partial charge in [-0.05, 0) is 47.9 Å². The van der Waals surface area contributed by atoms with Gasteiger partial charge in [0.05, 0.1) is 7.11 Å². The van der Waals surface area contributed by atoms with Crippen LogP contribution in [0.4, 0.5) is 4.79 Å². The number of carbonyl (C=O) groups excluding carboxylic acids is 3. The fraction of sp³-hybridized carbons (Fsp3) is 0.409. The Morgan fingerprint density at radius 2 is 1.86 bits per heavy atom. The van der Waals surface area contributed by atoms with Gasteiger partial charge in [0, 0.05) is 6.54 Å². The Morgan fingerprint density at radius 1 is 1.14 bits per heavy atom. The number of amides is 4. The Balaban J connectivity index is 1.76. The van der Waals surface area contributed by atoms with Crippen molar-refractivity contribution in [3.05, 3.63) is 42.0 Å². The zero-order chi connectivity index (χ0) is 21.0. The first kappa shape index (κ1) is 20.6. The topological polar surface area (TPSA) is 87.7 Å². The largest absolute Gasteiger partial charge is 0.497 e. The van der Waals surface area contributed by atoms with Crippen molar-refractivity contribution in [2.45, 2.75) is 38.6 Å². The van der Waals surface area contributed by atoms with Crippen molar-refractivity contribution in [1.82, 2.24) is 15.5 Å². The molecule has 1 aliphatic rings. The Morgan fingerprint density at radius 3 is 2.59 bits per heavy atom. The molecule has 7 heteroatoms. The summed E-state index contributed by atoms with van der Waals surface area (Å²) in [5.41, 5.74) is -0.549. The highest BCUT2D eigenvalue weighted by Crippen LogP contribution is 2.31. The molecule has 1 fully saturated rings. The highest BCUT2D eigenvalue weighted by molar-refractivity contribution is 6.09. The lowest BCUT2D eigenvalue weighted by Crippen LogP contribution is -2.43. The third kappa shape index (κ3) is 4.18. The highest BCUT2D eigenvalue weighted by Gasteiger charge is 2.49. The van der Waals surface area contributed by atoms with Crippen LogP contribution >= 0.6 is 0 Å². The van der Waals surface area contributed by atoms with Gasteiger partial charge >= 0.3 is 6.03 Å². The van der Waals surface area contributed by atoms with Crippen molar-refractivity contribution in [3.63, 3.8) is 0 Å². The zero-order valence-corrected chi connectivity index (χ0v) is 17.1. The zero-order valence-electron chi connectivity index (χ0n) is 17.1. The number of methoxy groups -OCH3 is 1. The molecule has 0 unspecified atom stereocenters. The van der Waals surface area contributed by atoms with E-state index >= 15 is 0 Å². The molecule has 7 nitrogen and oxygen atoms in total. The number of ether oxygens (including phenoxy) is 1. The van der Waals surface area contributed by atoms with Crippen LogP contribution in [0.2, 0.25) is 0 Å². The molecule has 2 aromatic rings. The lowest BCUT2D eigenvalue weighted by atomic mass is 9.90. The van der Waals surface area contributed by atoms with Crippen molar-refractivity contribution >= 4 is 28.6 Å². The van der Waals surface area contributed by atoms with Gasteiger partial charge in [0.2, 0.25) is 5.91 Å². The molecule has 1 aliphatic heterocycles. The van der Waals surface area contributed by atoms with Gasteiger partial charge in [0.15, 0.2) is 0 Å². The van der Waals surface area contributed by atoms with Crippen molar-refractivity contribution in [1.29, 1.82) is 0 Å². The number of urea groups is 1. The van der Waals surface area contributed by atoms with E-state index in [1.165, 1.54) is 0 Å². The Kier molecular flexibility index (Phi) is 6.06. The first-order valence-electron chi connectivity index (χ1n) is 9.88. The highest BCUT2D eigenvalue weighted by atomic mass is 16.5. The van der Waals surface area contributed by atoms with E-state index in [0.717, 1.165) is 40.7 Å². The first-order chi connectivity index (χ1) is 13.9. The van der Waals surface area contributed by atoms with E-state index in [1.54, 1.807) is 14.0 Å². The smallest absolute Gasteiger partial charge is 0.325 e. The second kappa shape index (κ2) is 8.51. The standard InChI is InChI=1S/C22H27N3O4/c1-4-5-6-11-23-19(26)14-25-20(27)22(2,24-21(25)28)17-9-7-16-13-18(29-3)10-8-15(16)12-17/h7-10,12-13H,4-6,11,14H2,1-3H3,(H,23,26)(H,24,28)/t22-/m0/s1. The first-order valence-corrected chi connectivity index (χ1v) is 9.88. The van der Waals surface area contributed by atoms with E-state index in [4.69, 9.17) is 4.74 Å². The second-order valence-electron chi connectivity index (χ2n) is 7.43. The van der Waals surface area contributed by atoms with Gasteiger partial charge in [-0.1, -0.05) is 38.0 Å². The van der Waals surface area contributed by atoms with E-state index in [2.05, 4.69) is 17.6 Å². The molecule has 2 aromatic carbocycles. The number of unbranched alkanes of at least 4 members (excludes halogenated alkanes) is 2. The number of fused-ring (bicyclic) bond motifs is 1. The van der Waals surface area contributed by atoms with E-state index in [-0.39, 0.29) is 12.5 Å². The summed E-state index contributed by atoms with van der Waals surface area (Å²) in [5.74, 6) is -0.0173. The van der Waals surface area contributed by atoms with Gasteiger partial charge in [0.1, 0.15) is 17.8 Å². The van der Waals surface area contributed by atoms with Crippen LogP contribution in [-0.4, -0.2) is 42.9 Å². The van der Waals surface area contributed by atoms with Crippen molar-refractivity contribution in [2.24, 2.45) is 0 Å². The third-order valence-corrected chi connectivity index (χ3v) is 5.30. The van der Waals surface area contributed by atoms with E-state index in [0.29, 0.717) is 12.1 Å². The molecule has 1 saturated heterocycles. The number of nitrogens with zero attached hydrogens (tertiary/aromatic N) is 1. The average Bonchev–Trinajstić information content (AvgIpc) is 2.94. The lowest BCUT2D eigenvalue weighted by molar-refractivity contribution is -0.134. The van der Waals surface area contributed by atoms with Crippen LogP contribution in [0.1, 0.15) is 38.7 Å². The quantitative estimate of drug-likeness (QED) is 0.530. The molecular weight excluding hydrogens is 370 g/mol. The molecule has 29 heavy (non-hydrogen) atoms. The van der Waals surface area contributed by atoms with E-state index in [9.17, 15) is 14.4 Å². The molecule has 0 saturated carbocycles. The molecular formula is C22H27N3O4. The van der Waals surface area contributed by atoms with Crippen LogP contribution < -0.4 is 15.4 Å². The summed E-state index contributed by atoms with van der Waals surface area (Å²) < 4.78 is 5.24. The molecule has 3 rings (SSSR count). The Bertz CT molecular complexity index is 943. The Hall–Kier alpha value is -3.09. The number of rotatable bonds is 8. The number of nitrogens with one attached hydrogen (secondary N) is 2.